The molecule has 6 heteroatoms. The van der Waals surface area contributed by atoms with Crippen LogP contribution in [0.5, 0.6) is 0 Å². The third kappa shape index (κ3) is 4.26. The zero-order chi connectivity index (χ0) is 17.2. The second-order valence-corrected chi connectivity index (χ2v) is 6.56. The summed E-state index contributed by atoms with van der Waals surface area (Å²) in [7, 11) is 0. The standard InChI is InChI=1S/C17H20ClNO4/c1-5-22-15(20)10-19-13-7-6-12(18)8-11(13)9-14(19)16(21)23-17(2,3)4/h6-9H,5,10H2,1-4H3. The fraction of sp³-hybridized carbons (Fsp3) is 0.412. The van der Waals surface area contributed by atoms with Crippen LogP contribution in [-0.2, 0) is 20.8 Å². The lowest BCUT2D eigenvalue weighted by Gasteiger charge is -2.20. The number of hydrogen-bond donors (Lipinski definition) is 0. The van der Waals surface area contributed by atoms with E-state index in [1.807, 2.05) is 0 Å². The highest BCUT2D eigenvalue weighted by Gasteiger charge is 2.23. The van der Waals surface area contributed by atoms with Gasteiger partial charge in [0.1, 0.15) is 17.8 Å². The molecule has 2 aromatic rings. The quantitative estimate of drug-likeness (QED) is 0.796. The van der Waals surface area contributed by atoms with Gasteiger partial charge in [-0.05, 0) is 52.0 Å². The molecule has 0 aliphatic rings. The number of rotatable bonds is 4. The average Bonchev–Trinajstić information content (AvgIpc) is 2.75. The molecule has 0 N–H and O–H groups in total. The molecular formula is C17H20ClNO4. The van der Waals surface area contributed by atoms with Gasteiger partial charge in [-0.1, -0.05) is 11.6 Å². The molecule has 0 saturated carbocycles. The van der Waals surface area contributed by atoms with Crippen molar-refractivity contribution in [3.05, 3.63) is 35.0 Å². The first kappa shape index (κ1) is 17.3. The number of aromatic nitrogens is 1. The molecule has 0 atom stereocenters. The normalized spacial score (nSPS) is 11.5. The first-order valence-corrected chi connectivity index (χ1v) is 7.77. The lowest BCUT2D eigenvalue weighted by Crippen LogP contribution is -2.26. The molecule has 0 fully saturated rings. The van der Waals surface area contributed by atoms with Crippen molar-refractivity contribution in [3.63, 3.8) is 0 Å². The topological polar surface area (TPSA) is 57.5 Å². The fourth-order valence-corrected chi connectivity index (χ4v) is 2.43. The highest BCUT2D eigenvalue weighted by atomic mass is 35.5. The van der Waals surface area contributed by atoms with Gasteiger partial charge >= 0.3 is 11.9 Å². The molecule has 5 nitrogen and oxygen atoms in total. The minimum Gasteiger partial charge on any atom is -0.465 e. The molecule has 1 aromatic carbocycles. The van der Waals surface area contributed by atoms with Crippen LogP contribution in [0.4, 0.5) is 0 Å². The monoisotopic (exact) mass is 337 g/mol. The third-order valence-corrected chi connectivity index (χ3v) is 3.30. The second-order valence-electron chi connectivity index (χ2n) is 6.13. The second kappa shape index (κ2) is 6.62. The molecule has 0 bridgehead atoms. The molecule has 23 heavy (non-hydrogen) atoms. The van der Waals surface area contributed by atoms with Crippen LogP contribution < -0.4 is 0 Å². The number of fused-ring (bicyclic) bond motifs is 1. The van der Waals surface area contributed by atoms with Crippen molar-refractivity contribution in [2.24, 2.45) is 0 Å². The van der Waals surface area contributed by atoms with Crippen molar-refractivity contribution in [2.75, 3.05) is 6.61 Å². The highest BCUT2D eigenvalue weighted by molar-refractivity contribution is 6.31. The Morgan fingerprint density at radius 3 is 2.52 bits per heavy atom. The maximum atomic E-state index is 12.4. The number of ether oxygens (including phenoxy) is 2. The molecular weight excluding hydrogens is 318 g/mol. The lowest BCUT2D eigenvalue weighted by molar-refractivity contribution is -0.143. The van der Waals surface area contributed by atoms with Gasteiger partial charge in [-0.2, -0.15) is 0 Å². The Balaban J connectivity index is 2.49. The van der Waals surface area contributed by atoms with Gasteiger partial charge in [0.2, 0.25) is 0 Å². The summed E-state index contributed by atoms with van der Waals surface area (Å²) in [6.45, 7) is 7.33. The molecule has 0 saturated heterocycles. The lowest BCUT2D eigenvalue weighted by atomic mass is 10.2. The molecule has 0 spiro atoms. The largest absolute Gasteiger partial charge is 0.465 e. The van der Waals surface area contributed by atoms with Gasteiger partial charge in [-0.3, -0.25) is 4.79 Å². The summed E-state index contributed by atoms with van der Waals surface area (Å²) < 4.78 is 12.0. The zero-order valence-electron chi connectivity index (χ0n) is 13.7. The van der Waals surface area contributed by atoms with E-state index in [9.17, 15) is 9.59 Å². The van der Waals surface area contributed by atoms with Gasteiger partial charge < -0.3 is 14.0 Å². The first-order chi connectivity index (χ1) is 10.7. The molecule has 2 rings (SSSR count). The number of carbonyl (C=O) groups excluding carboxylic acids is 2. The van der Waals surface area contributed by atoms with E-state index in [1.54, 1.807) is 56.5 Å². The number of hydrogen-bond acceptors (Lipinski definition) is 4. The SMILES string of the molecule is CCOC(=O)Cn1c(C(=O)OC(C)(C)C)cc2cc(Cl)ccc21. The van der Waals surface area contributed by atoms with Crippen LogP contribution in [0.15, 0.2) is 24.3 Å². The maximum Gasteiger partial charge on any atom is 0.355 e. The average molecular weight is 338 g/mol. The number of nitrogens with zero attached hydrogens (tertiary/aromatic N) is 1. The summed E-state index contributed by atoms with van der Waals surface area (Å²) in [6.07, 6.45) is 0. The van der Waals surface area contributed by atoms with Crippen molar-refractivity contribution < 1.29 is 19.1 Å². The maximum absolute atomic E-state index is 12.4. The molecule has 124 valence electrons. The van der Waals surface area contributed by atoms with E-state index in [-0.39, 0.29) is 13.2 Å². The number of benzene rings is 1. The van der Waals surface area contributed by atoms with E-state index in [2.05, 4.69) is 0 Å². The van der Waals surface area contributed by atoms with Gasteiger partial charge in [0.05, 0.1) is 6.61 Å². The number of esters is 2. The summed E-state index contributed by atoms with van der Waals surface area (Å²) in [6, 6.07) is 6.90. The van der Waals surface area contributed by atoms with Gasteiger partial charge in [0.25, 0.3) is 0 Å². The van der Waals surface area contributed by atoms with E-state index < -0.39 is 17.5 Å². The third-order valence-electron chi connectivity index (χ3n) is 3.06. The van der Waals surface area contributed by atoms with E-state index >= 15 is 0 Å². The minimum atomic E-state index is -0.625. The number of carbonyl (C=O) groups is 2. The number of halogens is 1. The Kier molecular flexibility index (Phi) is 5.00. The van der Waals surface area contributed by atoms with Crippen LogP contribution in [0.2, 0.25) is 5.02 Å². The van der Waals surface area contributed by atoms with Gasteiger partial charge in [-0.15, -0.1) is 0 Å². The Morgan fingerprint density at radius 1 is 1.22 bits per heavy atom. The van der Waals surface area contributed by atoms with Crippen LogP contribution in [0.1, 0.15) is 38.2 Å². The Labute approximate surface area is 140 Å². The van der Waals surface area contributed by atoms with Crippen molar-refractivity contribution >= 4 is 34.4 Å². The Bertz CT molecular complexity index is 743. The predicted molar refractivity (Wildman–Crippen MR) is 88.7 cm³/mol. The van der Waals surface area contributed by atoms with E-state index in [1.165, 1.54) is 0 Å². The molecule has 0 amide bonds. The van der Waals surface area contributed by atoms with E-state index in [4.69, 9.17) is 21.1 Å². The summed E-state index contributed by atoms with van der Waals surface area (Å²) >= 11 is 6.00. The summed E-state index contributed by atoms with van der Waals surface area (Å²) in [5, 5.41) is 1.32. The predicted octanol–water partition coefficient (Wildman–Crippen LogP) is 3.81. The van der Waals surface area contributed by atoms with Crippen LogP contribution >= 0.6 is 11.6 Å². The highest BCUT2D eigenvalue weighted by Crippen LogP contribution is 2.25. The Morgan fingerprint density at radius 2 is 1.91 bits per heavy atom. The fourth-order valence-electron chi connectivity index (χ4n) is 2.25. The van der Waals surface area contributed by atoms with Crippen molar-refractivity contribution in [1.29, 1.82) is 0 Å². The molecule has 1 aromatic heterocycles. The van der Waals surface area contributed by atoms with Crippen molar-refractivity contribution in [1.82, 2.24) is 4.57 Å². The van der Waals surface area contributed by atoms with Crippen molar-refractivity contribution in [2.45, 2.75) is 39.8 Å². The molecule has 0 aliphatic carbocycles. The Hall–Kier alpha value is -2.01. The van der Waals surface area contributed by atoms with Crippen LogP contribution in [0, 0.1) is 0 Å². The van der Waals surface area contributed by atoms with E-state index in [0.29, 0.717) is 10.7 Å². The summed E-state index contributed by atoms with van der Waals surface area (Å²) in [5.74, 6) is -0.904. The summed E-state index contributed by atoms with van der Waals surface area (Å²) in [5.41, 5.74) is 0.397. The van der Waals surface area contributed by atoms with Crippen molar-refractivity contribution in [3.8, 4) is 0 Å². The van der Waals surface area contributed by atoms with Crippen LogP contribution in [0.25, 0.3) is 10.9 Å². The van der Waals surface area contributed by atoms with E-state index in [0.717, 1.165) is 10.9 Å². The molecule has 0 unspecified atom stereocenters. The summed E-state index contributed by atoms with van der Waals surface area (Å²) in [4.78, 5) is 24.3. The zero-order valence-corrected chi connectivity index (χ0v) is 14.4. The smallest absolute Gasteiger partial charge is 0.355 e. The molecule has 0 radical (unpaired) electrons. The van der Waals surface area contributed by atoms with Gasteiger partial charge in [0.15, 0.2) is 0 Å². The first-order valence-electron chi connectivity index (χ1n) is 7.39. The molecule has 1 heterocycles. The minimum absolute atomic E-state index is 0.0620. The van der Waals surface area contributed by atoms with Gasteiger partial charge in [0, 0.05) is 15.9 Å². The van der Waals surface area contributed by atoms with Crippen LogP contribution in [-0.4, -0.2) is 28.7 Å². The van der Waals surface area contributed by atoms with Gasteiger partial charge in [-0.25, -0.2) is 4.79 Å². The molecule has 0 aliphatic heterocycles. The van der Waals surface area contributed by atoms with Crippen LogP contribution in [0.3, 0.4) is 0 Å².